The van der Waals surface area contributed by atoms with E-state index < -0.39 is 15.9 Å². The number of hydrogen-bond donors (Lipinski definition) is 1. The third-order valence-corrected chi connectivity index (χ3v) is 7.20. The first-order chi connectivity index (χ1) is 9.93. The molecule has 114 valence electrons. The van der Waals surface area contributed by atoms with Crippen molar-refractivity contribution in [3.05, 3.63) is 23.8 Å². The van der Waals surface area contributed by atoms with Gasteiger partial charge in [0.25, 0.3) is 5.91 Å². The Balaban J connectivity index is 1.99. The van der Waals surface area contributed by atoms with Gasteiger partial charge >= 0.3 is 0 Å². The molecule has 1 amide bonds. The molecule has 2 heterocycles. The minimum absolute atomic E-state index is 0.0594. The predicted octanol–water partition coefficient (Wildman–Crippen LogP) is 0.673. The molecule has 6 nitrogen and oxygen atoms in total. The van der Waals surface area contributed by atoms with E-state index in [0.717, 1.165) is 12.2 Å². The highest BCUT2D eigenvalue weighted by Crippen LogP contribution is 2.40. The molecular weight excluding hydrogens is 312 g/mol. The summed E-state index contributed by atoms with van der Waals surface area (Å²) in [5.41, 5.74) is 5.37. The summed E-state index contributed by atoms with van der Waals surface area (Å²) in [5, 5.41) is 0.388. The molecule has 0 aliphatic carbocycles. The van der Waals surface area contributed by atoms with Crippen LogP contribution >= 0.6 is 11.8 Å². The number of carbonyl (C=O) groups is 1. The molecule has 2 saturated heterocycles. The lowest BCUT2D eigenvalue weighted by Crippen LogP contribution is -2.39. The SMILES string of the molecule is COc1ccc(S(=O)(=O)N2CC3CC2CS3)cc1C(N)=O. The van der Waals surface area contributed by atoms with Crippen LogP contribution in [0.1, 0.15) is 16.8 Å². The molecule has 2 fully saturated rings. The number of carbonyl (C=O) groups excluding carboxylic acids is 1. The number of fused-ring (bicyclic) bond motifs is 2. The highest BCUT2D eigenvalue weighted by atomic mass is 32.2. The number of nitrogens with two attached hydrogens (primary N) is 1. The molecule has 2 unspecified atom stereocenters. The predicted molar refractivity (Wildman–Crippen MR) is 80.1 cm³/mol. The minimum atomic E-state index is -3.59. The molecule has 2 N–H and O–H groups in total. The van der Waals surface area contributed by atoms with E-state index in [1.54, 1.807) is 4.31 Å². The zero-order valence-electron chi connectivity index (χ0n) is 11.5. The number of amides is 1. The number of rotatable bonds is 4. The summed E-state index contributed by atoms with van der Waals surface area (Å²) in [4.78, 5) is 11.5. The van der Waals surface area contributed by atoms with Crippen molar-refractivity contribution in [2.75, 3.05) is 19.4 Å². The van der Waals surface area contributed by atoms with E-state index in [1.165, 1.54) is 25.3 Å². The highest BCUT2D eigenvalue weighted by Gasteiger charge is 2.45. The molecule has 1 aromatic rings. The van der Waals surface area contributed by atoms with Crippen LogP contribution in [0.4, 0.5) is 0 Å². The van der Waals surface area contributed by atoms with E-state index in [-0.39, 0.29) is 22.3 Å². The summed E-state index contributed by atoms with van der Waals surface area (Å²) < 4.78 is 32.0. The lowest BCUT2D eigenvalue weighted by molar-refractivity contribution is 0.0997. The lowest BCUT2D eigenvalue weighted by Gasteiger charge is -2.26. The van der Waals surface area contributed by atoms with Gasteiger partial charge in [0.05, 0.1) is 17.6 Å². The Labute approximate surface area is 127 Å². The quantitative estimate of drug-likeness (QED) is 0.877. The van der Waals surface area contributed by atoms with Crippen molar-refractivity contribution in [3.8, 4) is 5.75 Å². The van der Waals surface area contributed by atoms with Gasteiger partial charge in [0.15, 0.2) is 0 Å². The van der Waals surface area contributed by atoms with Crippen LogP contribution < -0.4 is 10.5 Å². The summed E-state index contributed by atoms with van der Waals surface area (Å²) in [5.74, 6) is 0.408. The standard InChI is InChI=1S/C13H16N2O4S2/c1-19-12-3-2-10(5-11(12)13(14)16)21(17,18)15-6-9-4-8(15)7-20-9/h2-3,5,8-9H,4,6-7H2,1H3,(H2,14,16). The fourth-order valence-corrected chi connectivity index (χ4v) is 6.16. The van der Waals surface area contributed by atoms with Crippen LogP contribution in [0.15, 0.2) is 23.1 Å². The van der Waals surface area contributed by atoms with E-state index in [2.05, 4.69) is 0 Å². The Kier molecular flexibility index (Phi) is 3.62. The molecule has 0 aromatic heterocycles. The smallest absolute Gasteiger partial charge is 0.252 e. The second-order valence-electron chi connectivity index (χ2n) is 5.15. The molecule has 2 atom stereocenters. The molecule has 2 aliphatic rings. The van der Waals surface area contributed by atoms with Crippen molar-refractivity contribution in [1.82, 2.24) is 4.31 Å². The summed E-state index contributed by atoms with van der Waals surface area (Å²) in [6.45, 7) is 0.537. The number of nitrogens with zero attached hydrogens (tertiary/aromatic N) is 1. The number of benzene rings is 1. The molecule has 0 saturated carbocycles. The van der Waals surface area contributed by atoms with E-state index in [1.807, 2.05) is 11.8 Å². The molecule has 0 spiro atoms. The van der Waals surface area contributed by atoms with Gasteiger partial charge in [0.1, 0.15) is 5.75 Å². The van der Waals surface area contributed by atoms with Crippen molar-refractivity contribution in [3.63, 3.8) is 0 Å². The summed E-state index contributed by atoms with van der Waals surface area (Å²) >= 11 is 1.82. The van der Waals surface area contributed by atoms with E-state index >= 15 is 0 Å². The van der Waals surface area contributed by atoms with Gasteiger partial charge in [-0.1, -0.05) is 0 Å². The normalized spacial score (nSPS) is 25.2. The summed E-state index contributed by atoms with van der Waals surface area (Å²) in [6.07, 6.45) is 0.905. The molecule has 1 aromatic carbocycles. The van der Waals surface area contributed by atoms with Crippen LogP contribution in [0.3, 0.4) is 0 Å². The second-order valence-corrected chi connectivity index (χ2v) is 8.37. The Morgan fingerprint density at radius 3 is 2.76 bits per heavy atom. The molecule has 2 bridgehead atoms. The fourth-order valence-electron chi connectivity index (χ4n) is 2.83. The van der Waals surface area contributed by atoms with Crippen molar-refractivity contribution in [2.24, 2.45) is 5.73 Å². The summed E-state index contributed by atoms with van der Waals surface area (Å²) in [7, 11) is -2.18. The molecule has 21 heavy (non-hydrogen) atoms. The van der Waals surface area contributed by atoms with Crippen molar-refractivity contribution in [1.29, 1.82) is 0 Å². The zero-order valence-corrected chi connectivity index (χ0v) is 13.1. The van der Waals surface area contributed by atoms with Crippen LogP contribution in [0.2, 0.25) is 0 Å². The van der Waals surface area contributed by atoms with Gasteiger partial charge in [-0.15, -0.1) is 0 Å². The number of hydrogen-bond acceptors (Lipinski definition) is 5. The molecule has 8 heteroatoms. The van der Waals surface area contributed by atoms with Crippen LogP contribution in [0, 0.1) is 0 Å². The van der Waals surface area contributed by atoms with Gasteiger partial charge in [0.2, 0.25) is 10.0 Å². The number of ether oxygens (including phenoxy) is 1. The van der Waals surface area contributed by atoms with E-state index in [0.29, 0.717) is 11.8 Å². The topological polar surface area (TPSA) is 89.7 Å². The molecule has 3 rings (SSSR count). The number of primary amides is 1. The third kappa shape index (κ3) is 2.41. The maximum absolute atomic E-state index is 12.7. The second kappa shape index (κ2) is 5.19. The fraction of sp³-hybridized carbons (Fsp3) is 0.462. The van der Waals surface area contributed by atoms with Crippen LogP contribution in [-0.2, 0) is 10.0 Å². The Hall–Kier alpha value is -1.25. The van der Waals surface area contributed by atoms with Gasteiger partial charge in [0, 0.05) is 23.6 Å². The van der Waals surface area contributed by atoms with Crippen LogP contribution in [0.25, 0.3) is 0 Å². The van der Waals surface area contributed by atoms with Crippen molar-refractivity contribution >= 4 is 27.7 Å². The van der Waals surface area contributed by atoms with Gasteiger partial charge in [-0.2, -0.15) is 16.1 Å². The van der Waals surface area contributed by atoms with Crippen molar-refractivity contribution < 1.29 is 17.9 Å². The molecule has 2 aliphatic heterocycles. The van der Waals surface area contributed by atoms with Gasteiger partial charge < -0.3 is 10.5 Å². The average molecular weight is 328 g/mol. The van der Waals surface area contributed by atoms with Gasteiger partial charge in [-0.3, -0.25) is 4.79 Å². The maximum Gasteiger partial charge on any atom is 0.252 e. The lowest BCUT2D eigenvalue weighted by atomic mass is 10.2. The minimum Gasteiger partial charge on any atom is -0.496 e. The van der Waals surface area contributed by atoms with Crippen LogP contribution in [-0.4, -0.2) is 49.3 Å². The largest absolute Gasteiger partial charge is 0.496 e. The maximum atomic E-state index is 12.7. The third-order valence-electron chi connectivity index (χ3n) is 3.89. The highest BCUT2D eigenvalue weighted by molar-refractivity contribution is 8.00. The monoisotopic (exact) mass is 328 g/mol. The Bertz CT molecular complexity index is 689. The number of thioether (sulfide) groups is 1. The van der Waals surface area contributed by atoms with E-state index in [4.69, 9.17) is 10.5 Å². The number of sulfonamides is 1. The van der Waals surface area contributed by atoms with E-state index in [9.17, 15) is 13.2 Å². The zero-order chi connectivity index (χ0) is 15.2. The molecule has 0 radical (unpaired) electrons. The Morgan fingerprint density at radius 1 is 1.48 bits per heavy atom. The van der Waals surface area contributed by atoms with Crippen LogP contribution in [0.5, 0.6) is 5.75 Å². The average Bonchev–Trinajstić information content (AvgIpc) is 3.09. The van der Waals surface area contributed by atoms with Gasteiger partial charge in [-0.05, 0) is 24.6 Å². The Morgan fingerprint density at radius 2 is 2.24 bits per heavy atom. The van der Waals surface area contributed by atoms with Crippen molar-refractivity contribution in [2.45, 2.75) is 22.6 Å². The summed E-state index contributed by atoms with van der Waals surface area (Å²) in [6, 6.07) is 4.29. The number of methoxy groups -OCH3 is 1. The first-order valence-electron chi connectivity index (χ1n) is 6.55. The first kappa shape index (κ1) is 14.7. The molecular formula is C13H16N2O4S2. The first-order valence-corrected chi connectivity index (χ1v) is 9.03. The van der Waals surface area contributed by atoms with Gasteiger partial charge in [-0.25, -0.2) is 8.42 Å².